The van der Waals surface area contributed by atoms with Gasteiger partial charge in [-0.2, -0.15) is 5.48 Å². The Morgan fingerprint density at radius 3 is 3.21 bits per heavy atom. The topological polar surface area (TPSA) is 24.5 Å². The molecule has 0 aliphatic carbocycles. The average molecular weight is 194 g/mol. The molecule has 1 fully saturated rings. The maximum absolute atomic E-state index is 5.52. The Morgan fingerprint density at radius 2 is 2.29 bits per heavy atom. The molecule has 3 nitrogen and oxygen atoms in total. The van der Waals surface area contributed by atoms with Crippen LogP contribution in [0, 0.1) is 0 Å². The molecular weight excluding hydrogens is 176 g/mol. The predicted octanol–water partition coefficient (Wildman–Crippen LogP) is 1.42. The number of hydrogen-bond donors (Lipinski definition) is 1. The number of hydroxylamine groups is 1. The largest absolute Gasteiger partial charge is 0.413 e. The molecule has 2 atom stereocenters. The molecule has 3 heteroatoms. The van der Waals surface area contributed by atoms with E-state index in [9.17, 15) is 0 Å². The van der Waals surface area contributed by atoms with Crippen LogP contribution in [0.2, 0.25) is 0 Å². The fourth-order valence-electron chi connectivity index (χ4n) is 3.05. The van der Waals surface area contributed by atoms with Crippen molar-refractivity contribution in [3.05, 3.63) is 11.3 Å². The lowest BCUT2D eigenvalue weighted by Gasteiger charge is -2.39. The van der Waals surface area contributed by atoms with Gasteiger partial charge in [0.05, 0.1) is 6.04 Å². The Bertz CT molecular complexity index is 274. The van der Waals surface area contributed by atoms with Crippen molar-refractivity contribution in [1.82, 2.24) is 10.4 Å². The predicted molar refractivity (Wildman–Crippen MR) is 54.5 cm³/mol. The van der Waals surface area contributed by atoms with Crippen LogP contribution in [0.15, 0.2) is 11.3 Å². The van der Waals surface area contributed by atoms with Gasteiger partial charge in [-0.15, -0.1) is 0 Å². The first-order valence-corrected chi connectivity index (χ1v) is 5.75. The van der Waals surface area contributed by atoms with E-state index >= 15 is 0 Å². The maximum atomic E-state index is 5.52. The number of nitrogens with zero attached hydrogens (tertiary/aromatic N) is 1. The van der Waals surface area contributed by atoms with Crippen molar-refractivity contribution in [3.63, 3.8) is 0 Å². The molecule has 0 aromatic carbocycles. The smallest absolute Gasteiger partial charge is 0.128 e. The minimum atomic E-state index is 0.427. The summed E-state index contributed by atoms with van der Waals surface area (Å²) < 4.78 is 0. The monoisotopic (exact) mass is 194 g/mol. The Morgan fingerprint density at radius 1 is 1.36 bits per heavy atom. The minimum Gasteiger partial charge on any atom is -0.413 e. The van der Waals surface area contributed by atoms with Gasteiger partial charge in [-0.25, -0.2) is 0 Å². The van der Waals surface area contributed by atoms with Crippen LogP contribution in [0.3, 0.4) is 0 Å². The second-order valence-corrected chi connectivity index (χ2v) is 4.62. The number of nitrogens with one attached hydrogen (secondary N) is 1. The Kier molecular flexibility index (Phi) is 2.03. The molecule has 0 radical (unpaired) electrons. The van der Waals surface area contributed by atoms with Gasteiger partial charge in [0.2, 0.25) is 0 Å². The Labute approximate surface area is 85.1 Å². The maximum Gasteiger partial charge on any atom is 0.128 e. The van der Waals surface area contributed by atoms with E-state index in [1.807, 2.05) is 0 Å². The summed E-state index contributed by atoms with van der Waals surface area (Å²) in [6.45, 7) is 4.69. The first-order chi connectivity index (χ1) is 6.86. The highest BCUT2D eigenvalue weighted by Crippen LogP contribution is 2.35. The molecule has 0 spiro atoms. The molecule has 1 N–H and O–H groups in total. The lowest BCUT2D eigenvalue weighted by atomic mass is 9.87. The minimum absolute atomic E-state index is 0.427. The molecule has 2 unspecified atom stereocenters. The van der Waals surface area contributed by atoms with E-state index in [4.69, 9.17) is 4.84 Å². The number of rotatable bonds is 0. The molecule has 0 aromatic heterocycles. The summed E-state index contributed by atoms with van der Waals surface area (Å²) in [4.78, 5) is 8.16. The average Bonchev–Trinajstić information content (AvgIpc) is 2.61. The van der Waals surface area contributed by atoms with Gasteiger partial charge in [-0.3, -0.25) is 4.90 Å². The van der Waals surface area contributed by atoms with Gasteiger partial charge in [-0.05, 0) is 26.3 Å². The molecule has 3 aliphatic rings. The summed E-state index contributed by atoms with van der Waals surface area (Å²) in [6.07, 6.45) is 5.18. The molecule has 0 saturated carbocycles. The van der Waals surface area contributed by atoms with E-state index in [2.05, 4.69) is 17.3 Å². The first kappa shape index (κ1) is 8.74. The summed E-state index contributed by atoms with van der Waals surface area (Å²) in [5, 5.41) is 0. The third kappa shape index (κ3) is 1.19. The Hall–Kier alpha value is -0.540. The van der Waals surface area contributed by atoms with Crippen molar-refractivity contribution in [2.75, 3.05) is 13.1 Å². The van der Waals surface area contributed by atoms with Gasteiger partial charge >= 0.3 is 0 Å². The standard InChI is InChI=1S/C11H18N2O/c1-8-11-9-4-2-3-6-13(9)7-5-10(11)14-12-8/h8-9,12H,2-7H2,1H3. The van der Waals surface area contributed by atoms with Crippen LogP contribution in [-0.2, 0) is 4.84 Å². The third-order valence-corrected chi connectivity index (χ3v) is 3.75. The number of fused-ring (bicyclic) bond motifs is 2. The van der Waals surface area contributed by atoms with Gasteiger partial charge in [0, 0.05) is 24.6 Å². The normalized spacial score (nSPS) is 37.8. The van der Waals surface area contributed by atoms with E-state index < -0.39 is 0 Å². The Balaban J connectivity index is 1.91. The third-order valence-electron chi connectivity index (χ3n) is 3.75. The van der Waals surface area contributed by atoms with Crippen molar-refractivity contribution in [1.29, 1.82) is 0 Å². The fourth-order valence-corrected chi connectivity index (χ4v) is 3.05. The van der Waals surface area contributed by atoms with Gasteiger partial charge in [0.1, 0.15) is 5.76 Å². The summed E-state index contributed by atoms with van der Waals surface area (Å²) in [5.41, 5.74) is 4.63. The van der Waals surface area contributed by atoms with Gasteiger partial charge in [-0.1, -0.05) is 6.42 Å². The second kappa shape index (κ2) is 3.24. The molecule has 78 valence electrons. The van der Waals surface area contributed by atoms with Crippen molar-refractivity contribution in [3.8, 4) is 0 Å². The van der Waals surface area contributed by atoms with Crippen molar-refractivity contribution < 1.29 is 4.84 Å². The summed E-state index contributed by atoms with van der Waals surface area (Å²) >= 11 is 0. The van der Waals surface area contributed by atoms with Crippen LogP contribution in [0.5, 0.6) is 0 Å². The van der Waals surface area contributed by atoms with Crippen molar-refractivity contribution in [2.45, 2.75) is 44.7 Å². The molecule has 0 amide bonds. The van der Waals surface area contributed by atoms with Crippen molar-refractivity contribution in [2.24, 2.45) is 0 Å². The van der Waals surface area contributed by atoms with Gasteiger partial charge in [0.25, 0.3) is 0 Å². The first-order valence-electron chi connectivity index (χ1n) is 5.75. The molecular formula is C11H18N2O. The zero-order valence-electron chi connectivity index (χ0n) is 8.75. The van der Waals surface area contributed by atoms with Crippen molar-refractivity contribution >= 4 is 0 Å². The fraction of sp³-hybridized carbons (Fsp3) is 0.818. The van der Waals surface area contributed by atoms with Crippen LogP contribution in [0.4, 0.5) is 0 Å². The summed E-state index contributed by atoms with van der Waals surface area (Å²) in [7, 11) is 0. The van der Waals surface area contributed by atoms with E-state index in [0.29, 0.717) is 12.1 Å². The molecule has 0 bridgehead atoms. The van der Waals surface area contributed by atoms with E-state index in [0.717, 1.165) is 6.42 Å². The number of hydrogen-bond acceptors (Lipinski definition) is 3. The highest BCUT2D eigenvalue weighted by atomic mass is 16.7. The highest BCUT2D eigenvalue weighted by molar-refractivity contribution is 5.27. The second-order valence-electron chi connectivity index (χ2n) is 4.62. The SMILES string of the molecule is CC1NOC2=C1C1CCCCN1CC2. The van der Waals surface area contributed by atoms with E-state index in [1.54, 1.807) is 0 Å². The lowest BCUT2D eigenvalue weighted by Crippen LogP contribution is -2.45. The van der Waals surface area contributed by atoms with E-state index in [1.165, 1.54) is 43.7 Å². The van der Waals surface area contributed by atoms with Crippen LogP contribution in [-0.4, -0.2) is 30.1 Å². The number of piperidine rings is 1. The van der Waals surface area contributed by atoms with Crippen LogP contribution >= 0.6 is 0 Å². The zero-order chi connectivity index (χ0) is 9.54. The molecule has 3 heterocycles. The zero-order valence-corrected chi connectivity index (χ0v) is 8.75. The quantitative estimate of drug-likeness (QED) is 0.631. The molecule has 3 rings (SSSR count). The molecule has 0 aromatic rings. The van der Waals surface area contributed by atoms with E-state index in [-0.39, 0.29) is 0 Å². The van der Waals surface area contributed by atoms with Crippen LogP contribution in [0.25, 0.3) is 0 Å². The highest BCUT2D eigenvalue weighted by Gasteiger charge is 2.38. The van der Waals surface area contributed by atoms with Gasteiger partial charge < -0.3 is 4.84 Å². The molecule has 1 saturated heterocycles. The molecule has 14 heavy (non-hydrogen) atoms. The lowest BCUT2D eigenvalue weighted by molar-refractivity contribution is 0.103. The van der Waals surface area contributed by atoms with Crippen LogP contribution in [0.1, 0.15) is 32.6 Å². The molecule has 3 aliphatic heterocycles. The summed E-state index contributed by atoms with van der Waals surface area (Å²) in [5.74, 6) is 1.24. The van der Waals surface area contributed by atoms with Gasteiger partial charge in [0.15, 0.2) is 0 Å². The van der Waals surface area contributed by atoms with Crippen LogP contribution < -0.4 is 5.48 Å². The summed E-state index contributed by atoms with van der Waals surface area (Å²) in [6, 6.07) is 1.10.